The molecule has 3 heterocycles. The minimum absolute atomic E-state index is 0.241. The average molecular weight is 1110 g/mol. The van der Waals surface area contributed by atoms with Crippen molar-refractivity contribution in [3.63, 3.8) is 0 Å². The van der Waals surface area contributed by atoms with E-state index in [9.17, 15) is 61.0 Å². The fourth-order valence-electron chi connectivity index (χ4n) is 10.8. The van der Waals surface area contributed by atoms with Crippen LogP contribution in [0.4, 0.5) is 0 Å². The van der Waals surface area contributed by atoms with E-state index in [0.29, 0.717) is 12.8 Å². The van der Waals surface area contributed by atoms with Crippen molar-refractivity contribution >= 4 is 5.91 Å². The van der Waals surface area contributed by atoms with Gasteiger partial charge in [0.05, 0.1) is 38.6 Å². The second-order valence-corrected chi connectivity index (χ2v) is 22.5. The number of carbonyl (C=O) groups excluding carboxylic acids is 1. The molecule has 0 aromatic rings. The second kappa shape index (κ2) is 42.6. The highest BCUT2D eigenvalue weighted by Crippen LogP contribution is 2.33. The zero-order chi connectivity index (χ0) is 56.2. The highest BCUT2D eigenvalue weighted by Gasteiger charge is 2.53. The van der Waals surface area contributed by atoms with Gasteiger partial charge in [0.25, 0.3) is 0 Å². The number of hydrogen-bond donors (Lipinski definition) is 12. The molecule has 0 bridgehead atoms. The molecule has 456 valence electrons. The van der Waals surface area contributed by atoms with E-state index in [0.717, 1.165) is 44.9 Å². The first-order valence-electron chi connectivity index (χ1n) is 30.8. The summed E-state index contributed by atoms with van der Waals surface area (Å²) in [6.07, 6.45) is 13.7. The number of ether oxygens (including phenoxy) is 6. The summed E-state index contributed by atoms with van der Waals surface area (Å²) in [5.41, 5.74) is 0. The normalized spacial score (nSPS) is 30.6. The van der Waals surface area contributed by atoms with Crippen molar-refractivity contribution in [1.29, 1.82) is 0 Å². The van der Waals surface area contributed by atoms with Gasteiger partial charge in [-0.25, -0.2) is 0 Å². The lowest BCUT2D eigenvalue weighted by Gasteiger charge is -2.48. The standard InChI is InChI=1S/C58H111NO18/c1-3-5-7-9-11-13-14-15-16-17-18-19-20-21-22-23-24-25-26-27-28-30-32-34-36-46(64)59-41(42(63)35-33-31-29-12-10-8-6-4-2)40-72-56-52(70)49(67)54(44(38-61)74-56)77-58-53(71)50(68)55(45(39-62)75-58)76-57-51(69)48(66)47(65)43(37-60)73-57/h41-45,47-58,60-63,65-71H,3-40H2,1-2H3,(H,59,64). The zero-order valence-electron chi connectivity index (χ0n) is 47.5. The average Bonchev–Trinajstić information content (AvgIpc) is 3.43. The fourth-order valence-corrected chi connectivity index (χ4v) is 10.8. The maximum absolute atomic E-state index is 13.3. The minimum atomic E-state index is -1.97. The Balaban J connectivity index is 1.40. The SMILES string of the molecule is CCCCCCCCCCCCCCCCCCCCCCCCCCC(=O)NC(COC1OC(CO)C(OC2OC(CO)C(OC3OC(CO)C(O)C(O)C3O)C(O)C2O)C(O)C1O)C(O)CCCCCCCCCC. The number of amides is 1. The van der Waals surface area contributed by atoms with Gasteiger partial charge in [0.1, 0.15) is 73.2 Å². The van der Waals surface area contributed by atoms with E-state index in [4.69, 9.17) is 28.4 Å². The van der Waals surface area contributed by atoms with Gasteiger partial charge in [-0.15, -0.1) is 0 Å². The largest absolute Gasteiger partial charge is 0.394 e. The van der Waals surface area contributed by atoms with Gasteiger partial charge in [-0.2, -0.15) is 0 Å². The van der Waals surface area contributed by atoms with Crippen LogP contribution in [0.2, 0.25) is 0 Å². The van der Waals surface area contributed by atoms with Crippen LogP contribution in [-0.4, -0.2) is 193 Å². The van der Waals surface area contributed by atoms with E-state index in [2.05, 4.69) is 19.2 Å². The van der Waals surface area contributed by atoms with E-state index < -0.39 is 124 Å². The van der Waals surface area contributed by atoms with Gasteiger partial charge in [-0.1, -0.05) is 213 Å². The number of aliphatic hydroxyl groups excluding tert-OH is 11. The molecule has 77 heavy (non-hydrogen) atoms. The Hall–Kier alpha value is -1.21. The Labute approximate surface area is 462 Å². The molecule has 12 N–H and O–H groups in total. The van der Waals surface area contributed by atoms with Crippen LogP contribution in [0.1, 0.15) is 232 Å². The molecule has 3 rings (SSSR count). The molecular weight excluding hydrogens is 999 g/mol. The Morgan fingerprint density at radius 2 is 0.740 bits per heavy atom. The summed E-state index contributed by atoms with van der Waals surface area (Å²) in [6.45, 7) is 1.76. The van der Waals surface area contributed by atoms with Crippen molar-refractivity contribution in [2.24, 2.45) is 0 Å². The molecule has 0 aromatic heterocycles. The quantitative estimate of drug-likeness (QED) is 0.0330. The number of unbranched alkanes of at least 4 members (excludes halogenated alkanes) is 30. The molecule has 19 nitrogen and oxygen atoms in total. The third-order valence-corrected chi connectivity index (χ3v) is 15.9. The maximum atomic E-state index is 13.3. The van der Waals surface area contributed by atoms with Crippen LogP contribution >= 0.6 is 0 Å². The van der Waals surface area contributed by atoms with E-state index in [1.54, 1.807) is 0 Å². The van der Waals surface area contributed by atoms with Crippen LogP contribution in [-0.2, 0) is 33.2 Å². The zero-order valence-corrected chi connectivity index (χ0v) is 47.5. The summed E-state index contributed by atoms with van der Waals surface area (Å²) >= 11 is 0. The Morgan fingerprint density at radius 1 is 0.416 bits per heavy atom. The Morgan fingerprint density at radius 3 is 1.13 bits per heavy atom. The third kappa shape index (κ3) is 26.7. The summed E-state index contributed by atoms with van der Waals surface area (Å²) in [5, 5.41) is 120. The number of hydrogen-bond acceptors (Lipinski definition) is 18. The van der Waals surface area contributed by atoms with Gasteiger partial charge < -0.3 is 89.9 Å². The van der Waals surface area contributed by atoms with Crippen LogP contribution in [0, 0.1) is 0 Å². The van der Waals surface area contributed by atoms with Crippen molar-refractivity contribution in [2.75, 3.05) is 26.4 Å². The van der Waals surface area contributed by atoms with Gasteiger partial charge in [0.15, 0.2) is 18.9 Å². The fraction of sp³-hybridized carbons (Fsp3) is 0.983. The monoisotopic (exact) mass is 1110 g/mol. The molecule has 17 unspecified atom stereocenters. The van der Waals surface area contributed by atoms with E-state index in [1.807, 2.05) is 0 Å². The molecule has 19 heteroatoms. The highest BCUT2D eigenvalue weighted by atomic mass is 16.8. The van der Waals surface area contributed by atoms with Crippen LogP contribution < -0.4 is 5.32 Å². The third-order valence-electron chi connectivity index (χ3n) is 15.9. The highest BCUT2D eigenvalue weighted by molar-refractivity contribution is 5.76. The van der Waals surface area contributed by atoms with Crippen LogP contribution in [0.15, 0.2) is 0 Å². The molecule has 3 fully saturated rings. The summed E-state index contributed by atoms with van der Waals surface area (Å²) in [4.78, 5) is 13.3. The van der Waals surface area contributed by atoms with Crippen molar-refractivity contribution in [1.82, 2.24) is 5.32 Å². The number of nitrogens with one attached hydrogen (secondary N) is 1. The van der Waals surface area contributed by atoms with Crippen LogP contribution in [0.25, 0.3) is 0 Å². The summed E-state index contributed by atoms with van der Waals surface area (Å²) in [7, 11) is 0. The molecule has 3 saturated heterocycles. The molecule has 0 spiro atoms. The number of carbonyl (C=O) groups is 1. The predicted octanol–water partition coefficient (Wildman–Crippen LogP) is 5.60. The molecule has 3 aliphatic rings. The lowest BCUT2D eigenvalue weighted by Crippen LogP contribution is -2.66. The minimum Gasteiger partial charge on any atom is -0.394 e. The summed E-state index contributed by atoms with van der Waals surface area (Å²) < 4.78 is 34.2. The van der Waals surface area contributed by atoms with Crippen LogP contribution in [0.5, 0.6) is 0 Å². The first kappa shape index (κ1) is 70.1. The second-order valence-electron chi connectivity index (χ2n) is 22.5. The van der Waals surface area contributed by atoms with Gasteiger partial charge in [0, 0.05) is 6.42 Å². The Kier molecular flexibility index (Phi) is 38.7. The molecular formula is C58H111NO18. The molecule has 0 radical (unpaired) electrons. The molecule has 0 aromatic carbocycles. The number of aliphatic hydroxyl groups is 11. The molecule has 0 saturated carbocycles. The number of rotatable bonds is 46. The van der Waals surface area contributed by atoms with Crippen LogP contribution in [0.3, 0.4) is 0 Å². The van der Waals surface area contributed by atoms with Crippen molar-refractivity contribution in [3.8, 4) is 0 Å². The molecule has 17 atom stereocenters. The summed E-state index contributed by atoms with van der Waals surface area (Å²) in [5.74, 6) is -0.241. The smallest absolute Gasteiger partial charge is 0.220 e. The van der Waals surface area contributed by atoms with Crippen molar-refractivity contribution in [3.05, 3.63) is 0 Å². The Bertz CT molecular complexity index is 1420. The first-order valence-corrected chi connectivity index (χ1v) is 30.8. The topological polar surface area (TPSA) is 307 Å². The maximum Gasteiger partial charge on any atom is 0.220 e. The van der Waals surface area contributed by atoms with Gasteiger partial charge >= 0.3 is 0 Å². The lowest BCUT2D eigenvalue weighted by atomic mass is 9.96. The van der Waals surface area contributed by atoms with Gasteiger partial charge in [-0.3, -0.25) is 4.79 Å². The van der Waals surface area contributed by atoms with Crippen molar-refractivity contribution in [2.45, 2.75) is 336 Å². The van der Waals surface area contributed by atoms with Gasteiger partial charge in [-0.05, 0) is 12.8 Å². The molecule has 3 aliphatic heterocycles. The van der Waals surface area contributed by atoms with E-state index in [1.165, 1.54) is 154 Å². The molecule has 1 amide bonds. The lowest BCUT2D eigenvalue weighted by molar-refractivity contribution is -0.379. The molecule has 0 aliphatic carbocycles. The van der Waals surface area contributed by atoms with E-state index >= 15 is 0 Å². The predicted molar refractivity (Wildman–Crippen MR) is 291 cm³/mol. The first-order chi connectivity index (χ1) is 37.3. The van der Waals surface area contributed by atoms with Crippen molar-refractivity contribution < 1.29 is 89.4 Å². The van der Waals surface area contributed by atoms with Gasteiger partial charge in [0.2, 0.25) is 5.91 Å². The van der Waals surface area contributed by atoms with E-state index in [-0.39, 0.29) is 18.9 Å². The summed E-state index contributed by atoms with van der Waals surface area (Å²) in [6, 6.07) is -0.878.